The summed E-state index contributed by atoms with van der Waals surface area (Å²) in [4.78, 5) is 11.1. The van der Waals surface area contributed by atoms with Crippen molar-refractivity contribution in [3.8, 4) is 0 Å². The van der Waals surface area contributed by atoms with Gasteiger partial charge in [0.15, 0.2) is 0 Å². The van der Waals surface area contributed by atoms with Crippen molar-refractivity contribution >= 4 is 11.7 Å². The highest BCUT2D eigenvalue weighted by Crippen LogP contribution is 2.07. The quantitative estimate of drug-likeness (QED) is 0.454. The van der Waals surface area contributed by atoms with Crippen molar-refractivity contribution < 1.29 is 9.53 Å². The van der Waals surface area contributed by atoms with Crippen LogP contribution in [0.15, 0.2) is 36.9 Å². The lowest BCUT2D eigenvalue weighted by Crippen LogP contribution is -2.05. The molecule has 0 aromatic heterocycles. The van der Waals surface area contributed by atoms with Crippen molar-refractivity contribution in [3.05, 3.63) is 42.5 Å². The zero-order chi connectivity index (χ0) is 11.1. The normalized spacial score (nSPS) is 9.60. The van der Waals surface area contributed by atoms with Gasteiger partial charge >= 0.3 is 5.97 Å². The first kappa shape index (κ1) is 11.3. The van der Waals surface area contributed by atoms with E-state index in [1.807, 2.05) is 24.3 Å². The van der Waals surface area contributed by atoms with E-state index in [1.54, 1.807) is 6.08 Å². The Labute approximate surface area is 89.5 Å². The van der Waals surface area contributed by atoms with Gasteiger partial charge in [0.2, 0.25) is 0 Å². The Kier molecular flexibility index (Phi) is 4.41. The third-order valence-corrected chi connectivity index (χ3v) is 1.96. The summed E-state index contributed by atoms with van der Waals surface area (Å²) in [5.41, 5.74) is 7.36. The summed E-state index contributed by atoms with van der Waals surface area (Å²) in [6.45, 7) is 3.75. The van der Waals surface area contributed by atoms with Gasteiger partial charge in [-0.2, -0.15) is 0 Å². The summed E-state index contributed by atoms with van der Waals surface area (Å²) in [6.07, 6.45) is 2.62. The van der Waals surface area contributed by atoms with Crippen molar-refractivity contribution in [2.45, 2.75) is 12.8 Å². The molecule has 80 valence electrons. The number of aryl methyl sites for hydroxylation is 1. The Bertz CT molecular complexity index is 330. The lowest BCUT2D eigenvalue weighted by atomic mass is 10.1. The minimum absolute atomic E-state index is 0.202. The fraction of sp³-hybridized carbons (Fsp3) is 0.250. The molecule has 0 aliphatic rings. The SMILES string of the molecule is C=CCOC(=O)CCc1ccc(N)cc1. The first-order chi connectivity index (χ1) is 7.22. The molecule has 3 nitrogen and oxygen atoms in total. The molecule has 1 aromatic rings. The van der Waals surface area contributed by atoms with Crippen LogP contribution in [0.3, 0.4) is 0 Å². The van der Waals surface area contributed by atoms with Crippen LogP contribution >= 0.6 is 0 Å². The predicted octanol–water partition coefficient (Wildman–Crippen LogP) is 1.93. The van der Waals surface area contributed by atoms with Crippen LogP contribution in [-0.2, 0) is 16.0 Å². The van der Waals surface area contributed by atoms with Crippen molar-refractivity contribution in [3.63, 3.8) is 0 Å². The van der Waals surface area contributed by atoms with Gasteiger partial charge in [-0.1, -0.05) is 24.8 Å². The Morgan fingerprint density at radius 2 is 2.07 bits per heavy atom. The molecule has 0 radical (unpaired) electrons. The summed E-state index contributed by atoms with van der Waals surface area (Å²) >= 11 is 0. The average Bonchev–Trinajstić information content (AvgIpc) is 2.25. The van der Waals surface area contributed by atoms with Crippen LogP contribution < -0.4 is 5.73 Å². The van der Waals surface area contributed by atoms with E-state index in [0.717, 1.165) is 11.3 Å². The van der Waals surface area contributed by atoms with Gasteiger partial charge in [-0.05, 0) is 24.1 Å². The van der Waals surface area contributed by atoms with E-state index >= 15 is 0 Å². The van der Waals surface area contributed by atoms with Crippen LogP contribution in [0.4, 0.5) is 5.69 Å². The van der Waals surface area contributed by atoms with Gasteiger partial charge in [0.1, 0.15) is 6.61 Å². The molecule has 0 heterocycles. The van der Waals surface area contributed by atoms with Gasteiger partial charge in [-0.25, -0.2) is 0 Å². The largest absolute Gasteiger partial charge is 0.461 e. The van der Waals surface area contributed by atoms with Crippen molar-refractivity contribution in [1.82, 2.24) is 0 Å². The maximum absolute atomic E-state index is 11.1. The molecule has 0 fully saturated rings. The molecule has 15 heavy (non-hydrogen) atoms. The lowest BCUT2D eigenvalue weighted by Gasteiger charge is -2.02. The molecular formula is C12H15NO2. The minimum Gasteiger partial charge on any atom is -0.461 e. The predicted molar refractivity (Wildman–Crippen MR) is 60.3 cm³/mol. The second kappa shape index (κ2) is 5.86. The standard InChI is InChI=1S/C12H15NO2/c1-2-9-15-12(14)8-5-10-3-6-11(13)7-4-10/h2-4,6-7H,1,5,8-9,13H2. The zero-order valence-corrected chi connectivity index (χ0v) is 8.61. The van der Waals surface area contributed by atoms with Gasteiger partial charge in [-0.15, -0.1) is 0 Å². The Hall–Kier alpha value is -1.77. The second-order valence-electron chi connectivity index (χ2n) is 3.21. The number of hydrogen-bond donors (Lipinski definition) is 1. The van der Waals surface area contributed by atoms with Crippen LogP contribution in [0, 0.1) is 0 Å². The van der Waals surface area contributed by atoms with E-state index in [2.05, 4.69) is 6.58 Å². The number of ether oxygens (including phenoxy) is 1. The topological polar surface area (TPSA) is 52.3 Å². The van der Waals surface area contributed by atoms with E-state index in [0.29, 0.717) is 12.8 Å². The van der Waals surface area contributed by atoms with Crippen LogP contribution in [-0.4, -0.2) is 12.6 Å². The zero-order valence-electron chi connectivity index (χ0n) is 8.61. The highest BCUT2D eigenvalue weighted by atomic mass is 16.5. The van der Waals surface area contributed by atoms with Crippen molar-refractivity contribution in [2.24, 2.45) is 0 Å². The third kappa shape index (κ3) is 4.31. The first-order valence-corrected chi connectivity index (χ1v) is 4.83. The summed E-state index contributed by atoms with van der Waals surface area (Å²) in [5.74, 6) is -0.202. The fourth-order valence-corrected chi connectivity index (χ4v) is 1.15. The number of hydrogen-bond acceptors (Lipinski definition) is 3. The summed E-state index contributed by atoms with van der Waals surface area (Å²) in [7, 11) is 0. The van der Waals surface area contributed by atoms with Gasteiger partial charge in [0.25, 0.3) is 0 Å². The molecule has 0 bridgehead atoms. The molecule has 0 saturated carbocycles. The van der Waals surface area contributed by atoms with Crippen LogP contribution in [0.5, 0.6) is 0 Å². The number of rotatable bonds is 5. The minimum atomic E-state index is -0.202. The van der Waals surface area contributed by atoms with Crippen molar-refractivity contribution in [1.29, 1.82) is 0 Å². The van der Waals surface area contributed by atoms with Crippen LogP contribution in [0.25, 0.3) is 0 Å². The maximum atomic E-state index is 11.1. The van der Waals surface area contributed by atoms with Gasteiger partial charge < -0.3 is 10.5 Å². The summed E-state index contributed by atoms with van der Waals surface area (Å²) < 4.78 is 4.85. The van der Waals surface area contributed by atoms with E-state index in [-0.39, 0.29) is 12.6 Å². The van der Waals surface area contributed by atoms with Gasteiger partial charge in [0.05, 0.1) is 0 Å². The lowest BCUT2D eigenvalue weighted by molar-refractivity contribution is -0.142. The summed E-state index contributed by atoms with van der Waals surface area (Å²) in [6, 6.07) is 7.47. The first-order valence-electron chi connectivity index (χ1n) is 4.83. The Morgan fingerprint density at radius 3 is 2.67 bits per heavy atom. The molecule has 0 aliphatic heterocycles. The molecule has 0 amide bonds. The molecule has 2 N–H and O–H groups in total. The molecule has 0 saturated heterocycles. The molecule has 0 spiro atoms. The number of carbonyl (C=O) groups excluding carboxylic acids is 1. The Balaban J connectivity index is 2.33. The molecule has 0 unspecified atom stereocenters. The number of carbonyl (C=O) groups is 1. The Morgan fingerprint density at radius 1 is 1.40 bits per heavy atom. The smallest absolute Gasteiger partial charge is 0.306 e. The highest BCUT2D eigenvalue weighted by molar-refractivity contribution is 5.69. The number of esters is 1. The number of benzene rings is 1. The van der Waals surface area contributed by atoms with Gasteiger partial charge in [0, 0.05) is 12.1 Å². The fourth-order valence-electron chi connectivity index (χ4n) is 1.15. The highest BCUT2D eigenvalue weighted by Gasteiger charge is 2.02. The van der Waals surface area contributed by atoms with Gasteiger partial charge in [-0.3, -0.25) is 4.79 Å². The molecule has 1 aromatic carbocycles. The molecule has 0 atom stereocenters. The van der Waals surface area contributed by atoms with Crippen molar-refractivity contribution in [2.75, 3.05) is 12.3 Å². The van der Waals surface area contributed by atoms with E-state index in [4.69, 9.17) is 10.5 Å². The number of nitrogens with two attached hydrogens (primary N) is 1. The monoisotopic (exact) mass is 205 g/mol. The van der Waals surface area contributed by atoms with E-state index in [1.165, 1.54) is 0 Å². The number of anilines is 1. The molecule has 1 rings (SSSR count). The molecular weight excluding hydrogens is 190 g/mol. The number of nitrogen functional groups attached to an aromatic ring is 1. The van der Waals surface area contributed by atoms with E-state index < -0.39 is 0 Å². The second-order valence-corrected chi connectivity index (χ2v) is 3.21. The van der Waals surface area contributed by atoms with Crippen LogP contribution in [0.1, 0.15) is 12.0 Å². The third-order valence-electron chi connectivity index (χ3n) is 1.96. The molecule has 3 heteroatoms. The van der Waals surface area contributed by atoms with E-state index in [9.17, 15) is 4.79 Å². The van der Waals surface area contributed by atoms with Crippen LogP contribution in [0.2, 0.25) is 0 Å². The molecule has 0 aliphatic carbocycles. The summed E-state index contributed by atoms with van der Waals surface area (Å²) in [5, 5.41) is 0. The average molecular weight is 205 g/mol. The maximum Gasteiger partial charge on any atom is 0.306 e.